The fraction of sp³-hybridized carbons (Fsp3) is 0.0278. The average Bonchev–Trinajstić information content (AvgIpc) is 4.10. The van der Waals surface area contributed by atoms with Gasteiger partial charge in [-0.1, -0.05) is 249 Å². The summed E-state index contributed by atoms with van der Waals surface area (Å²) < 4.78 is 2.23. The topological polar surface area (TPSA) is 21.5 Å². The number of anilines is 3. The van der Waals surface area contributed by atoms with E-state index in [9.17, 15) is 0 Å². The number of rotatable bonds is 10. The summed E-state index contributed by atoms with van der Waals surface area (Å²) in [4.78, 5) is 2.51. The quantitative estimate of drug-likeness (QED) is 0.125. The second kappa shape index (κ2) is 18.4. The first-order valence-electron chi connectivity index (χ1n) is 25.9. The highest BCUT2D eigenvalue weighted by molar-refractivity contribution is 5.98. The Hall–Kier alpha value is -9.70. The summed E-state index contributed by atoms with van der Waals surface area (Å²) in [5.74, 6) is 0. The maximum Gasteiger partial charge on any atom is 0.252 e. The highest BCUT2D eigenvalue weighted by Gasteiger charge is 2.46. The summed E-state index contributed by atoms with van der Waals surface area (Å²) >= 11 is 0. The molecule has 1 atom stereocenters. The Morgan fingerprint density at radius 1 is 0.360 bits per heavy atom. The Kier molecular flexibility index (Phi) is 10.8. The smallest absolute Gasteiger partial charge is 0.252 e. The van der Waals surface area contributed by atoms with Crippen molar-refractivity contribution in [1.29, 1.82) is 0 Å². The van der Waals surface area contributed by atoms with E-state index in [-0.39, 0.29) is 6.04 Å². The molecule has 12 aromatic rings. The highest BCUT2D eigenvalue weighted by atomic mass is 15.2. The number of para-hydroxylation sites is 1. The minimum absolute atomic E-state index is 0.237. The van der Waals surface area contributed by atoms with Crippen LogP contribution >= 0.6 is 0 Å². The van der Waals surface area contributed by atoms with Crippen molar-refractivity contribution in [1.82, 2.24) is 0 Å². The lowest BCUT2D eigenvalue weighted by Gasteiger charge is -2.35. The van der Waals surface area contributed by atoms with Gasteiger partial charge in [-0.15, -0.1) is 0 Å². The van der Waals surface area contributed by atoms with Gasteiger partial charge < -0.3 is 4.90 Å². The molecule has 11 aromatic carbocycles. The van der Waals surface area contributed by atoms with Gasteiger partial charge in [-0.25, -0.2) is 0 Å². The number of aromatic nitrogens is 1. The zero-order chi connectivity index (χ0) is 49.7. The number of hydrogen-bond acceptors (Lipinski definition) is 2. The minimum Gasteiger partial charge on any atom is -0.310 e. The zero-order valence-electron chi connectivity index (χ0n) is 41.2. The molecular formula is C72H50N3+. The van der Waals surface area contributed by atoms with Gasteiger partial charge in [0.05, 0.1) is 22.1 Å². The first kappa shape index (κ1) is 44.0. The van der Waals surface area contributed by atoms with Crippen LogP contribution in [0.2, 0.25) is 0 Å². The molecule has 1 aromatic heterocycles. The molecule has 0 N–H and O–H groups in total. The number of benzene rings is 11. The van der Waals surface area contributed by atoms with Crippen LogP contribution in [0, 0.1) is 0 Å². The molecule has 0 fully saturated rings. The van der Waals surface area contributed by atoms with Crippen molar-refractivity contribution < 1.29 is 4.36 Å². The molecule has 1 aliphatic carbocycles. The Morgan fingerprint density at radius 2 is 0.853 bits per heavy atom. The van der Waals surface area contributed by atoms with Gasteiger partial charge in [-0.05, 0) is 119 Å². The number of pyridine rings is 1. The van der Waals surface area contributed by atoms with Crippen LogP contribution in [0.1, 0.15) is 39.4 Å². The molecule has 0 saturated carbocycles. The van der Waals surface area contributed by atoms with Crippen molar-refractivity contribution >= 4 is 33.4 Å². The third-order valence-corrected chi connectivity index (χ3v) is 15.5. The van der Waals surface area contributed by atoms with E-state index in [0.717, 1.165) is 66.7 Å². The van der Waals surface area contributed by atoms with Crippen LogP contribution in [0.4, 0.5) is 17.1 Å². The van der Waals surface area contributed by atoms with E-state index in [1.54, 1.807) is 0 Å². The number of hydrogen-bond donors (Lipinski definition) is 0. The highest BCUT2D eigenvalue weighted by Crippen LogP contribution is 2.57. The monoisotopic (exact) mass is 956 g/mol. The molecule has 75 heavy (non-hydrogen) atoms. The summed E-state index contributed by atoms with van der Waals surface area (Å²) in [7, 11) is 0. The third-order valence-electron chi connectivity index (χ3n) is 15.5. The Morgan fingerprint density at radius 3 is 1.52 bits per heavy atom. The van der Waals surface area contributed by atoms with Crippen LogP contribution in [0.3, 0.4) is 0 Å². The summed E-state index contributed by atoms with van der Waals surface area (Å²) in [5.41, 5.74) is 20.4. The number of fused-ring (bicyclic) bond motifs is 6. The van der Waals surface area contributed by atoms with Crippen LogP contribution in [0.25, 0.3) is 61.0 Å². The first-order valence-corrected chi connectivity index (χ1v) is 25.9. The van der Waals surface area contributed by atoms with Crippen LogP contribution in [0.5, 0.6) is 0 Å². The molecule has 352 valence electrons. The molecule has 2 heterocycles. The molecule has 0 saturated heterocycles. The van der Waals surface area contributed by atoms with Crippen molar-refractivity contribution in [3.63, 3.8) is 0 Å². The molecule has 0 bridgehead atoms. The molecule has 1 unspecified atom stereocenters. The van der Waals surface area contributed by atoms with Gasteiger partial charge in [0.15, 0.2) is 6.04 Å². The van der Waals surface area contributed by atoms with Gasteiger partial charge in [-0.3, -0.25) is 0 Å². The molecule has 3 nitrogen and oxygen atoms in total. The third kappa shape index (κ3) is 7.27. The lowest BCUT2D eigenvalue weighted by Crippen LogP contribution is -2.38. The lowest BCUT2D eigenvalue weighted by molar-refractivity contribution is -0.546. The fourth-order valence-corrected chi connectivity index (χ4v) is 12.2. The van der Waals surface area contributed by atoms with Gasteiger partial charge >= 0.3 is 0 Å². The van der Waals surface area contributed by atoms with Gasteiger partial charge in [0.25, 0.3) is 5.35 Å². The second-order valence-electron chi connectivity index (χ2n) is 19.6. The normalized spacial score (nSPS) is 13.9. The van der Waals surface area contributed by atoms with E-state index in [0.29, 0.717) is 0 Å². The van der Waals surface area contributed by atoms with Crippen molar-refractivity contribution in [2.24, 2.45) is 5.11 Å². The van der Waals surface area contributed by atoms with E-state index < -0.39 is 5.41 Å². The van der Waals surface area contributed by atoms with Crippen LogP contribution in [-0.2, 0) is 5.41 Å². The summed E-state index contributed by atoms with van der Waals surface area (Å²) in [6.07, 6.45) is 0. The molecule has 14 rings (SSSR count). The molecule has 0 spiro atoms. The Balaban J connectivity index is 1.09. The molecular weight excluding hydrogens is 907 g/mol. The van der Waals surface area contributed by atoms with Crippen molar-refractivity contribution in [3.05, 3.63) is 336 Å². The van der Waals surface area contributed by atoms with Crippen molar-refractivity contribution in [2.45, 2.75) is 11.5 Å². The number of nitrogens with zero attached hydrogens (tertiary/aromatic N) is 3. The maximum absolute atomic E-state index is 5.69. The van der Waals surface area contributed by atoms with Crippen LogP contribution in [0.15, 0.2) is 302 Å². The predicted molar refractivity (Wildman–Crippen MR) is 308 cm³/mol. The van der Waals surface area contributed by atoms with Gasteiger partial charge in [0, 0.05) is 28.6 Å². The average molecular weight is 957 g/mol. The van der Waals surface area contributed by atoms with Crippen molar-refractivity contribution in [2.75, 3.05) is 4.90 Å². The van der Waals surface area contributed by atoms with Gasteiger partial charge in [0.2, 0.25) is 5.69 Å². The predicted octanol–water partition coefficient (Wildman–Crippen LogP) is 16.9. The first-order chi connectivity index (χ1) is 37.2. The molecule has 3 heteroatoms. The Labute approximate surface area is 437 Å². The Bertz CT molecular complexity index is 4180. The molecule has 2 aliphatic rings. The minimum atomic E-state index is -0.586. The summed E-state index contributed by atoms with van der Waals surface area (Å²) in [6, 6.07) is 108. The largest absolute Gasteiger partial charge is 0.310 e. The molecule has 0 radical (unpaired) electrons. The zero-order valence-corrected chi connectivity index (χ0v) is 41.2. The van der Waals surface area contributed by atoms with Gasteiger partial charge in [0.1, 0.15) is 0 Å². The van der Waals surface area contributed by atoms with Crippen LogP contribution in [-0.4, -0.2) is 0 Å². The SMILES string of the molecule is c1ccc(C2=c3c4cc(N(c5ccc6c(c5)C(c5ccccc5)(c5ccccc5)c5ccccc5-6)c5ccccc5-c5ccccc5-c5ccccc5)ccc4cc(-c4ccccc4)[n+]3=NC2c2ccccc2)cc1. The lowest BCUT2D eigenvalue weighted by atomic mass is 9.67. The summed E-state index contributed by atoms with van der Waals surface area (Å²) in [5, 5.41) is 9.04. The summed E-state index contributed by atoms with van der Waals surface area (Å²) in [6.45, 7) is 0. The molecule has 1 aliphatic heterocycles. The molecule has 0 amide bonds. The fourth-order valence-electron chi connectivity index (χ4n) is 12.2. The van der Waals surface area contributed by atoms with E-state index in [2.05, 4.69) is 307 Å². The second-order valence-corrected chi connectivity index (χ2v) is 19.6. The van der Waals surface area contributed by atoms with Crippen molar-refractivity contribution in [3.8, 4) is 44.6 Å². The van der Waals surface area contributed by atoms with E-state index >= 15 is 0 Å². The van der Waals surface area contributed by atoms with Gasteiger partial charge in [-0.2, -0.15) is 0 Å². The van der Waals surface area contributed by atoms with Crippen LogP contribution < -0.4 is 14.6 Å². The van der Waals surface area contributed by atoms with E-state index in [4.69, 9.17) is 5.11 Å². The maximum atomic E-state index is 5.69. The standard InChI is InChI=1S/C72H50N3/c1-7-25-50(26-8-1)59-37-19-20-38-60(59)63-40-22-24-42-67(63)74(58-45-46-62-61-39-21-23-41-65(61)72(66(62)49-58,55-33-15-5-16-34-55)56-35-17-6-18-36-56)57-44-43-54-47-68(51-27-9-2-10-28-51)75-71(64(54)48-57)69(52-29-11-3-12-30-52)70(73-75)53-31-13-4-14-32-53/h1-49,70H/q+1. The van der Waals surface area contributed by atoms with E-state index in [1.165, 1.54) is 50.1 Å². The van der Waals surface area contributed by atoms with E-state index in [1.807, 2.05) is 0 Å².